The molecule has 2 N–H and O–H groups in total. The summed E-state index contributed by atoms with van der Waals surface area (Å²) in [6, 6.07) is 0.835. The summed E-state index contributed by atoms with van der Waals surface area (Å²) in [5.74, 6) is 1.94. The average molecular weight is 210 g/mol. The molecule has 2 fully saturated rings. The maximum Gasteiger partial charge on any atom is 0.00697 e. The number of hydrogen-bond donors (Lipinski definition) is 2. The van der Waals surface area contributed by atoms with Gasteiger partial charge in [-0.3, -0.25) is 0 Å². The van der Waals surface area contributed by atoms with E-state index in [1.54, 1.807) is 0 Å². The lowest BCUT2D eigenvalue weighted by atomic mass is 9.94. The van der Waals surface area contributed by atoms with E-state index in [1.807, 2.05) is 0 Å². The lowest BCUT2D eigenvalue weighted by molar-refractivity contribution is 0.340. The standard InChI is InChI=1S/C13H26N2/c1-11-2-3-13(10-11)15-9-6-12-4-7-14-8-5-12/h11-15H,2-10H2,1H3. The molecule has 1 aliphatic carbocycles. The van der Waals surface area contributed by atoms with Crippen molar-refractivity contribution in [2.75, 3.05) is 19.6 Å². The third-order valence-corrected chi connectivity index (χ3v) is 4.14. The Morgan fingerprint density at radius 3 is 2.60 bits per heavy atom. The third kappa shape index (κ3) is 3.76. The largest absolute Gasteiger partial charge is 0.317 e. The topological polar surface area (TPSA) is 24.1 Å². The second-order valence-corrected chi connectivity index (χ2v) is 5.55. The van der Waals surface area contributed by atoms with Gasteiger partial charge in [0.25, 0.3) is 0 Å². The van der Waals surface area contributed by atoms with E-state index in [2.05, 4.69) is 17.6 Å². The quantitative estimate of drug-likeness (QED) is 0.743. The molecule has 2 nitrogen and oxygen atoms in total. The highest BCUT2D eigenvalue weighted by Crippen LogP contribution is 2.24. The van der Waals surface area contributed by atoms with Gasteiger partial charge in [0.05, 0.1) is 0 Å². The summed E-state index contributed by atoms with van der Waals surface area (Å²) in [6.07, 6.45) is 8.43. The second-order valence-electron chi connectivity index (χ2n) is 5.55. The molecule has 0 aromatic carbocycles. The molecule has 1 saturated heterocycles. The monoisotopic (exact) mass is 210 g/mol. The van der Waals surface area contributed by atoms with E-state index in [9.17, 15) is 0 Å². The third-order valence-electron chi connectivity index (χ3n) is 4.14. The van der Waals surface area contributed by atoms with E-state index in [4.69, 9.17) is 0 Å². The van der Waals surface area contributed by atoms with E-state index >= 15 is 0 Å². The van der Waals surface area contributed by atoms with Crippen LogP contribution in [0.3, 0.4) is 0 Å². The van der Waals surface area contributed by atoms with Crippen LogP contribution in [0, 0.1) is 11.8 Å². The first kappa shape index (κ1) is 11.4. The summed E-state index contributed by atoms with van der Waals surface area (Å²) >= 11 is 0. The van der Waals surface area contributed by atoms with Crippen LogP contribution in [0.4, 0.5) is 0 Å². The SMILES string of the molecule is CC1CCC(NCCC2CCNCC2)C1. The maximum atomic E-state index is 3.74. The van der Waals surface area contributed by atoms with Gasteiger partial charge in [0.2, 0.25) is 0 Å². The van der Waals surface area contributed by atoms with Crippen molar-refractivity contribution >= 4 is 0 Å². The molecule has 0 aromatic heterocycles. The molecule has 0 bridgehead atoms. The highest BCUT2D eigenvalue weighted by atomic mass is 14.9. The Morgan fingerprint density at radius 1 is 1.13 bits per heavy atom. The van der Waals surface area contributed by atoms with Gasteiger partial charge in [-0.05, 0) is 70.0 Å². The first-order valence-electron chi connectivity index (χ1n) is 6.78. The van der Waals surface area contributed by atoms with Gasteiger partial charge >= 0.3 is 0 Å². The molecule has 1 heterocycles. The average Bonchev–Trinajstić information content (AvgIpc) is 2.66. The van der Waals surface area contributed by atoms with Gasteiger partial charge in [-0.2, -0.15) is 0 Å². The van der Waals surface area contributed by atoms with Crippen LogP contribution in [0.1, 0.15) is 45.4 Å². The van der Waals surface area contributed by atoms with Crippen LogP contribution < -0.4 is 10.6 Å². The van der Waals surface area contributed by atoms with E-state index in [1.165, 1.54) is 58.2 Å². The smallest absolute Gasteiger partial charge is 0.00697 e. The number of hydrogen-bond acceptors (Lipinski definition) is 2. The molecule has 1 aliphatic heterocycles. The number of piperidine rings is 1. The molecule has 2 unspecified atom stereocenters. The van der Waals surface area contributed by atoms with Gasteiger partial charge < -0.3 is 10.6 Å². The van der Waals surface area contributed by atoms with Crippen molar-refractivity contribution in [2.45, 2.75) is 51.5 Å². The molecule has 2 heteroatoms. The lowest BCUT2D eigenvalue weighted by Gasteiger charge is -2.23. The zero-order valence-electron chi connectivity index (χ0n) is 10.1. The van der Waals surface area contributed by atoms with Crippen LogP contribution in [-0.2, 0) is 0 Å². The fraction of sp³-hybridized carbons (Fsp3) is 1.00. The van der Waals surface area contributed by atoms with E-state index in [0.717, 1.165) is 17.9 Å². The van der Waals surface area contributed by atoms with Crippen LogP contribution in [0.25, 0.3) is 0 Å². The molecule has 0 amide bonds. The molecule has 2 atom stereocenters. The van der Waals surface area contributed by atoms with Gasteiger partial charge in [-0.25, -0.2) is 0 Å². The molecule has 0 aromatic rings. The minimum absolute atomic E-state index is 0.835. The van der Waals surface area contributed by atoms with E-state index in [-0.39, 0.29) is 0 Å². The Bertz CT molecular complexity index is 171. The Balaban J connectivity index is 1.54. The van der Waals surface area contributed by atoms with Crippen LogP contribution >= 0.6 is 0 Å². The molecule has 0 spiro atoms. The molecular weight excluding hydrogens is 184 g/mol. The summed E-state index contributed by atoms with van der Waals surface area (Å²) in [4.78, 5) is 0. The van der Waals surface area contributed by atoms with Gasteiger partial charge in [0, 0.05) is 6.04 Å². The first-order chi connectivity index (χ1) is 7.34. The predicted octanol–water partition coefficient (Wildman–Crippen LogP) is 2.15. The van der Waals surface area contributed by atoms with Crippen LogP contribution in [0.2, 0.25) is 0 Å². The summed E-state index contributed by atoms with van der Waals surface area (Å²) in [6.45, 7) is 6.12. The van der Waals surface area contributed by atoms with Crippen molar-refractivity contribution in [3.8, 4) is 0 Å². The van der Waals surface area contributed by atoms with Gasteiger partial charge in [0.1, 0.15) is 0 Å². The van der Waals surface area contributed by atoms with Crippen molar-refractivity contribution in [1.82, 2.24) is 10.6 Å². The Hall–Kier alpha value is -0.0800. The van der Waals surface area contributed by atoms with Crippen LogP contribution in [0.5, 0.6) is 0 Å². The normalized spacial score (nSPS) is 33.4. The molecular formula is C13H26N2. The zero-order chi connectivity index (χ0) is 10.5. The first-order valence-corrected chi connectivity index (χ1v) is 6.78. The van der Waals surface area contributed by atoms with Gasteiger partial charge in [0.15, 0.2) is 0 Å². The summed E-state index contributed by atoms with van der Waals surface area (Å²) in [7, 11) is 0. The highest BCUT2D eigenvalue weighted by Gasteiger charge is 2.20. The minimum Gasteiger partial charge on any atom is -0.317 e. The Labute approximate surface area is 94.2 Å². The predicted molar refractivity (Wildman–Crippen MR) is 65.0 cm³/mol. The highest BCUT2D eigenvalue weighted by molar-refractivity contribution is 4.79. The molecule has 15 heavy (non-hydrogen) atoms. The molecule has 1 saturated carbocycles. The van der Waals surface area contributed by atoms with Gasteiger partial charge in [-0.1, -0.05) is 6.92 Å². The second kappa shape index (κ2) is 5.86. The van der Waals surface area contributed by atoms with E-state index in [0.29, 0.717) is 0 Å². The van der Waals surface area contributed by atoms with Crippen molar-refractivity contribution in [3.63, 3.8) is 0 Å². The van der Waals surface area contributed by atoms with Crippen LogP contribution in [0.15, 0.2) is 0 Å². The summed E-state index contributed by atoms with van der Waals surface area (Å²) < 4.78 is 0. The molecule has 2 aliphatic rings. The lowest BCUT2D eigenvalue weighted by Crippen LogP contribution is -2.32. The molecule has 2 rings (SSSR count). The summed E-state index contributed by atoms with van der Waals surface area (Å²) in [5.41, 5.74) is 0. The maximum absolute atomic E-state index is 3.74. The molecule has 0 radical (unpaired) electrons. The summed E-state index contributed by atoms with van der Waals surface area (Å²) in [5, 5.41) is 7.17. The molecule has 88 valence electrons. The van der Waals surface area contributed by atoms with Crippen LogP contribution in [-0.4, -0.2) is 25.7 Å². The van der Waals surface area contributed by atoms with Gasteiger partial charge in [-0.15, -0.1) is 0 Å². The van der Waals surface area contributed by atoms with Crippen molar-refractivity contribution < 1.29 is 0 Å². The van der Waals surface area contributed by atoms with Crippen molar-refractivity contribution in [1.29, 1.82) is 0 Å². The Morgan fingerprint density at radius 2 is 1.93 bits per heavy atom. The number of nitrogens with one attached hydrogen (secondary N) is 2. The minimum atomic E-state index is 0.835. The van der Waals surface area contributed by atoms with Crippen molar-refractivity contribution in [2.24, 2.45) is 11.8 Å². The fourth-order valence-electron chi connectivity index (χ4n) is 3.05. The van der Waals surface area contributed by atoms with E-state index < -0.39 is 0 Å². The Kier molecular flexibility index (Phi) is 4.45. The van der Waals surface area contributed by atoms with Crippen molar-refractivity contribution in [3.05, 3.63) is 0 Å². The fourth-order valence-corrected chi connectivity index (χ4v) is 3.05. The zero-order valence-corrected chi connectivity index (χ0v) is 10.1. The number of rotatable bonds is 4.